The Labute approximate surface area is 238 Å². The molecule has 0 aliphatic heterocycles. The van der Waals surface area contributed by atoms with Crippen LogP contribution in [0.1, 0.15) is 103 Å². The molecular formula is C22H42Na2O7S. The fraction of sp³-hybridized carbons (Fsp3) is 0.818. The molecule has 0 aromatic rings. The number of carboxylic acid groups (broad SMARTS) is 1. The van der Waals surface area contributed by atoms with Crippen LogP contribution in [0, 0.1) is 0 Å². The molecule has 0 aliphatic carbocycles. The van der Waals surface area contributed by atoms with E-state index >= 15 is 0 Å². The van der Waals surface area contributed by atoms with Crippen LogP contribution in [0.2, 0.25) is 0 Å². The molecule has 0 rings (SSSR count). The van der Waals surface area contributed by atoms with Crippen molar-refractivity contribution in [3.63, 3.8) is 0 Å². The fourth-order valence-corrected chi connectivity index (χ4v) is 3.76. The number of carbonyl (C=O) groups is 2. The Morgan fingerprint density at radius 2 is 1.25 bits per heavy atom. The number of ether oxygens (including phenoxy) is 1. The van der Waals surface area contributed by atoms with Crippen molar-refractivity contribution in [1.29, 1.82) is 0 Å². The van der Waals surface area contributed by atoms with Gasteiger partial charge in [0.2, 0.25) is 0 Å². The van der Waals surface area contributed by atoms with E-state index in [-0.39, 0.29) is 65.7 Å². The van der Waals surface area contributed by atoms with E-state index in [4.69, 9.17) is 14.4 Å². The number of hydrogen-bond donors (Lipinski definition) is 2. The average molecular weight is 497 g/mol. The molecule has 0 fully saturated rings. The Balaban J connectivity index is -0.00000420. The minimum absolute atomic E-state index is 0. The zero-order valence-corrected chi connectivity index (χ0v) is 19.2. The minimum atomic E-state index is -4.80. The summed E-state index contributed by atoms with van der Waals surface area (Å²) in [4.78, 5) is 22.2. The average Bonchev–Trinajstić information content (AvgIpc) is 2.67. The van der Waals surface area contributed by atoms with Crippen molar-refractivity contribution in [1.82, 2.24) is 0 Å². The molecule has 32 heavy (non-hydrogen) atoms. The summed E-state index contributed by atoms with van der Waals surface area (Å²) in [6.45, 7) is 2.22. The molecule has 0 spiro atoms. The predicted octanol–water partition coefficient (Wildman–Crippen LogP) is 4.00. The molecule has 0 saturated heterocycles. The van der Waals surface area contributed by atoms with E-state index in [0.29, 0.717) is 12.8 Å². The van der Waals surface area contributed by atoms with Gasteiger partial charge in [-0.2, -0.15) is 8.42 Å². The van der Waals surface area contributed by atoms with E-state index in [1.54, 1.807) is 0 Å². The summed E-state index contributed by atoms with van der Waals surface area (Å²) in [5.74, 6) is -2.73. The van der Waals surface area contributed by atoms with Crippen LogP contribution in [0.5, 0.6) is 0 Å². The van der Waals surface area contributed by atoms with Gasteiger partial charge in [-0.1, -0.05) is 83.3 Å². The predicted molar refractivity (Wildman–Crippen MR) is 132 cm³/mol. The van der Waals surface area contributed by atoms with Crippen molar-refractivity contribution in [2.24, 2.45) is 0 Å². The second kappa shape index (κ2) is 24.7. The number of hydrogen-bond acceptors (Lipinski definition) is 5. The molecule has 0 radical (unpaired) electrons. The topological polar surface area (TPSA) is 118 Å². The van der Waals surface area contributed by atoms with Crippen LogP contribution in [-0.4, -0.2) is 101 Å². The summed E-state index contributed by atoms with van der Waals surface area (Å²) in [5, 5.41) is 6.55. The third-order valence-electron chi connectivity index (χ3n) is 4.88. The second-order valence-electron chi connectivity index (χ2n) is 7.71. The summed E-state index contributed by atoms with van der Waals surface area (Å²) < 4.78 is 35.9. The van der Waals surface area contributed by atoms with E-state index in [1.807, 2.05) is 6.08 Å². The normalized spacial score (nSPS) is 12.1. The van der Waals surface area contributed by atoms with Crippen molar-refractivity contribution in [2.75, 3.05) is 6.61 Å². The molecule has 0 bridgehead atoms. The van der Waals surface area contributed by atoms with Crippen LogP contribution >= 0.6 is 0 Å². The second-order valence-corrected chi connectivity index (χ2v) is 9.31. The number of esters is 1. The van der Waals surface area contributed by atoms with E-state index < -0.39 is 33.7 Å². The van der Waals surface area contributed by atoms with Gasteiger partial charge in [-0.05, 0) is 25.7 Å². The van der Waals surface area contributed by atoms with Gasteiger partial charge in [0.25, 0.3) is 10.1 Å². The van der Waals surface area contributed by atoms with Gasteiger partial charge in [0, 0.05) is 0 Å². The first kappa shape index (κ1) is 37.1. The van der Waals surface area contributed by atoms with Crippen molar-refractivity contribution in [3.05, 3.63) is 12.2 Å². The van der Waals surface area contributed by atoms with Crippen LogP contribution < -0.4 is 0 Å². The number of rotatable bonds is 20. The first-order chi connectivity index (χ1) is 14.3. The van der Waals surface area contributed by atoms with Gasteiger partial charge >= 0.3 is 71.1 Å². The number of unbranched alkanes of at least 4 members (excludes halogenated alkanes) is 12. The van der Waals surface area contributed by atoms with Crippen molar-refractivity contribution < 1.29 is 32.4 Å². The molecule has 1 atom stereocenters. The van der Waals surface area contributed by atoms with Crippen LogP contribution in [-0.2, 0) is 24.4 Å². The molecule has 7 nitrogen and oxygen atoms in total. The maximum absolute atomic E-state index is 11.6. The van der Waals surface area contributed by atoms with Crippen molar-refractivity contribution >= 4 is 81.2 Å². The van der Waals surface area contributed by atoms with E-state index in [0.717, 1.165) is 12.8 Å². The first-order valence-corrected chi connectivity index (χ1v) is 12.8. The molecule has 0 heterocycles. The van der Waals surface area contributed by atoms with Gasteiger partial charge in [0.1, 0.15) is 0 Å². The molecule has 180 valence electrons. The van der Waals surface area contributed by atoms with E-state index in [2.05, 4.69) is 13.0 Å². The molecule has 0 aromatic carbocycles. The third kappa shape index (κ3) is 23.7. The van der Waals surface area contributed by atoms with Gasteiger partial charge in [-0.3, -0.25) is 14.1 Å². The molecule has 10 heteroatoms. The third-order valence-corrected chi connectivity index (χ3v) is 5.96. The quantitative estimate of drug-likeness (QED) is 0.0860. The Hall–Kier alpha value is 0.590. The summed E-state index contributed by atoms with van der Waals surface area (Å²) >= 11 is 0. The van der Waals surface area contributed by atoms with Gasteiger partial charge < -0.3 is 9.84 Å². The van der Waals surface area contributed by atoms with Crippen LogP contribution in [0.15, 0.2) is 12.2 Å². The first-order valence-electron chi connectivity index (χ1n) is 11.3. The van der Waals surface area contributed by atoms with Gasteiger partial charge in [0.05, 0.1) is 13.0 Å². The van der Waals surface area contributed by atoms with Crippen LogP contribution in [0.25, 0.3) is 0 Å². The van der Waals surface area contributed by atoms with E-state index in [9.17, 15) is 18.0 Å². The molecule has 0 aromatic heterocycles. The zero-order valence-electron chi connectivity index (χ0n) is 18.4. The Bertz CT molecular complexity index is 595. The van der Waals surface area contributed by atoms with Crippen molar-refractivity contribution in [3.8, 4) is 0 Å². The van der Waals surface area contributed by atoms with Crippen LogP contribution in [0.3, 0.4) is 0 Å². The zero-order chi connectivity index (χ0) is 22.7. The number of aliphatic carboxylic acids is 1. The van der Waals surface area contributed by atoms with Crippen molar-refractivity contribution in [2.45, 2.75) is 108 Å². The van der Waals surface area contributed by atoms with Gasteiger partial charge in [-0.15, -0.1) is 0 Å². The number of carbonyl (C=O) groups excluding carboxylic acids is 1. The Morgan fingerprint density at radius 3 is 1.69 bits per heavy atom. The standard InChI is InChI=1S/C22H40O7S.2Na.2H/c1-2-3-4-5-6-7-8-9-10-11-12-13-14-15-16-17-18-29-22(25)20(19-21(23)24)30(26,27)28;;;;/h14-15,20H,2-13,16-19H2,1H3,(H,23,24)(H,26,27,28);;;;. The van der Waals surface area contributed by atoms with Gasteiger partial charge in [-0.25, -0.2) is 0 Å². The summed E-state index contributed by atoms with van der Waals surface area (Å²) in [6, 6.07) is 0. The van der Waals surface area contributed by atoms with E-state index in [1.165, 1.54) is 64.2 Å². The SMILES string of the molecule is CCCCCCCCCCCCCC=CCCCOC(=O)C(CC(=O)O)S(=O)(=O)O.[NaH].[NaH]. The maximum atomic E-state index is 11.6. The molecule has 2 N–H and O–H groups in total. The number of allylic oxidation sites excluding steroid dienone is 2. The molecule has 0 saturated carbocycles. The summed E-state index contributed by atoms with van der Waals surface area (Å²) in [5.41, 5.74) is 0. The Morgan fingerprint density at radius 1 is 0.812 bits per heavy atom. The molecule has 0 aliphatic rings. The summed E-state index contributed by atoms with van der Waals surface area (Å²) in [6.07, 6.45) is 19.8. The molecular weight excluding hydrogens is 454 g/mol. The monoisotopic (exact) mass is 496 g/mol. The van der Waals surface area contributed by atoms with Crippen LogP contribution in [0.4, 0.5) is 0 Å². The fourth-order valence-electron chi connectivity index (χ4n) is 3.10. The molecule has 0 amide bonds. The Kier molecular flexibility index (Phi) is 28.7. The number of carboxylic acids is 1. The van der Waals surface area contributed by atoms with Gasteiger partial charge in [0.15, 0.2) is 5.25 Å². The summed E-state index contributed by atoms with van der Waals surface area (Å²) in [7, 11) is -4.80. The molecule has 1 unspecified atom stereocenters.